The fourth-order valence-corrected chi connectivity index (χ4v) is 5.70. The van der Waals surface area contributed by atoms with Crippen LogP contribution in [-0.4, -0.2) is 29.6 Å². The monoisotopic (exact) mass is 388 g/mol. The lowest BCUT2D eigenvalue weighted by Gasteiger charge is -2.45. The zero-order valence-electron chi connectivity index (χ0n) is 18.0. The van der Waals surface area contributed by atoms with E-state index in [1.165, 1.54) is 5.57 Å². The highest BCUT2D eigenvalue weighted by molar-refractivity contribution is 5.94. The molecule has 3 aliphatic rings. The minimum atomic E-state index is -0.797. The van der Waals surface area contributed by atoms with E-state index in [9.17, 15) is 9.59 Å². The van der Waals surface area contributed by atoms with Gasteiger partial charge in [-0.05, 0) is 50.0 Å². The molecule has 156 valence electrons. The first kappa shape index (κ1) is 21.3. The van der Waals surface area contributed by atoms with Gasteiger partial charge in [0.2, 0.25) is 0 Å². The van der Waals surface area contributed by atoms with Gasteiger partial charge in [-0.3, -0.25) is 9.59 Å². The van der Waals surface area contributed by atoms with E-state index in [1.807, 2.05) is 13.8 Å². The Labute approximate surface area is 169 Å². The molecule has 28 heavy (non-hydrogen) atoms. The van der Waals surface area contributed by atoms with Gasteiger partial charge in [0, 0.05) is 31.1 Å². The van der Waals surface area contributed by atoms with E-state index < -0.39 is 5.60 Å². The van der Waals surface area contributed by atoms with E-state index in [4.69, 9.17) is 9.47 Å². The highest BCUT2D eigenvalue weighted by atomic mass is 16.6. The minimum Gasteiger partial charge on any atom is -0.457 e. The zero-order valence-corrected chi connectivity index (χ0v) is 18.0. The van der Waals surface area contributed by atoms with E-state index in [-0.39, 0.29) is 35.8 Å². The largest absolute Gasteiger partial charge is 0.457 e. The third-order valence-corrected chi connectivity index (χ3v) is 7.20. The second kappa shape index (κ2) is 8.14. The first-order valence-electron chi connectivity index (χ1n) is 10.9. The molecule has 2 heterocycles. The Morgan fingerprint density at radius 2 is 2.04 bits per heavy atom. The van der Waals surface area contributed by atoms with Gasteiger partial charge in [0.25, 0.3) is 0 Å². The first-order chi connectivity index (χ1) is 13.2. The average Bonchev–Trinajstić information content (AvgIpc) is 3.01. The fraction of sp³-hybridized carbons (Fsp3) is 0.750. The SMILES string of the molecule is C=C1CC2OC(C3C(C(C)C)CCC(=C)C23)C(C)(OC(=O)CCC)CCC1=O. The smallest absolute Gasteiger partial charge is 0.306 e. The van der Waals surface area contributed by atoms with Gasteiger partial charge in [-0.2, -0.15) is 0 Å². The van der Waals surface area contributed by atoms with Crippen molar-refractivity contribution in [2.75, 3.05) is 0 Å². The summed E-state index contributed by atoms with van der Waals surface area (Å²) in [4.78, 5) is 25.1. The first-order valence-corrected chi connectivity index (χ1v) is 10.9. The molecular weight excluding hydrogens is 352 g/mol. The van der Waals surface area contributed by atoms with Crippen molar-refractivity contribution in [2.45, 2.75) is 90.4 Å². The molecule has 0 aromatic heterocycles. The molecule has 0 spiro atoms. The summed E-state index contributed by atoms with van der Waals surface area (Å²) in [6.07, 6.45) is 4.34. The number of Topliss-reactive ketones (excluding diaryl/α,β-unsaturated/α-hetero) is 1. The molecule has 3 rings (SSSR count). The summed E-state index contributed by atoms with van der Waals surface area (Å²) in [5.74, 6) is 1.36. The van der Waals surface area contributed by atoms with Gasteiger partial charge in [0.05, 0.1) is 6.10 Å². The van der Waals surface area contributed by atoms with Crippen LogP contribution in [0.25, 0.3) is 0 Å². The third-order valence-electron chi connectivity index (χ3n) is 7.20. The van der Waals surface area contributed by atoms with E-state index in [1.54, 1.807) is 0 Å². The van der Waals surface area contributed by atoms with Gasteiger partial charge in [-0.1, -0.05) is 39.5 Å². The maximum atomic E-state index is 12.6. The summed E-state index contributed by atoms with van der Waals surface area (Å²) >= 11 is 0. The van der Waals surface area contributed by atoms with Crippen molar-refractivity contribution < 1.29 is 19.1 Å². The predicted molar refractivity (Wildman–Crippen MR) is 110 cm³/mol. The van der Waals surface area contributed by atoms with Crippen LogP contribution < -0.4 is 0 Å². The fourth-order valence-electron chi connectivity index (χ4n) is 5.70. The number of fused-ring (bicyclic) bond motifs is 5. The van der Waals surface area contributed by atoms with Gasteiger partial charge >= 0.3 is 5.97 Å². The standard InChI is InChI=1S/C24H36O4/c1-7-8-20(26)28-24(6)12-11-18(25)16(5)13-19-21-15(4)9-10-17(14(2)3)22(21)23(24)27-19/h14,17,19,21-23H,4-5,7-13H2,1-3,6H3. The summed E-state index contributed by atoms with van der Waals surface area (Å²) in [5, 5.41) is 0. The van der Waals surface area contributed by atoms with E-state index >= 15 is 0 Å². The lowest BCUT2D eigenvalue weighted by atomic mass is 9.61. The second-order valence-corrected chi connectivity index (χ2v) is 9.57. The van der Waals surface area contributed by atoms with Crippen LogP contribution in [0.2, 0.25) is 0 Å². The highest BCUT2D eigenvalue weighted by Crippen LogP contribution is 2.55. The molecule has 3 fully saturated rings. The molecule has 2 saturated heterocycles. The molecule has 2 aliphatic heterocycles. The summed E-state index contributed by atoms with van der Waals surface area (Å²) in [5.41, 5.74) is 1.06. The van der Waals surface area contributed by atoms with Crippen LogP contribution in [0.1, 0.15) is 72.6 Å². The van der Waals surface area contributed by atoms with Crippen LogP contribution in [0, 0.1) is 23.7 Å². The van der Waals surface area contributed by atoms with Crippen LogP contribution in [-0.2, 0) is 19.1 Å². The van der Waals surface area contributed by atoms with Crippen molar-refractivity contribution >= 4 is 11.8 Å². The van der Waals surface area contributed by atoms with E-state index in [0.29, 0.717) is 43.1 Å². The number of hydrogen-bond acceptors (Lipinski definition) is 4. The second-order valence-electron chi connectivity index (χ2n) is 9.57. The van der Waals surface area contributed by atoms with Crippen LogP contribution in [0.3, 0.4) is 0 Å². The van der Waals surface area contributed by atoms with Gasteiger partial charge in [-0.25, -0.2) is 0 Å². The molecular formula is C24H36O4. The predicted octanol–water partition coefficient (Wildman–Crippen LogP) is 5.02. The molecule has 0 amide bonds. The number of ketones is 1. The molecule has 0 aromatic carbocycles. The molecule has 1 saturated carbocycles. The maximum Gasteiger partial charge on any atom is 0.306 e. The third kappa shape index (κ3) is 3.85. The Kier molecular flexibility index (Phi) is 6.19. The summed E-state index contributed by atoms with van der Waals surface area (Å²) in [6, 6.07) is 0. The van der Waals surface area contributed by atoms with Gasteiger partial charge in [0.15, 0.2) is 5.78 Å². The Balaban J connectivity index is 2.03. The minimum absolute atomic E-state index is 0.0623. The van der Waals surface area contributed by atoms with Crippen molar-refractivity contribution in [3.05, 3.63) is 24.3 Å². The van der Waals surface area contributed by atoms with Crippen LogP contribution >= 0.6 is 0 Å². The number of carbonyl (C=O) groups excluding carboxylic acids is 2. The molecule has 6 unspecified atom stereocenters. The molecule has 4 heteroatoms. The van der Waals surface area contributed by atoms with Crippen molar-refractivity contribution in [3.63, 3.8) is 0 Å². The van der Waals surface area contributed by atoms with Crippen molar-refractivity contribution in [3.8, 4) is 0 Å². The van der Waals surface area contributed by atoms with Crippen LogP contribution in [0.5, 0.6) is 0 Å². The number of esters is 1. The molecule has 0 aromatic rings. The lowest BCUT2D eigenvalue weighted by molar-refractivity contribution is -0.181. The Bertz CT molecular complexity index is 664. The normalized spacial score (nSPS) is 38.6. The molecule has 0 radical (unpaired) electrons. The maximum absolute atomic E-state index is 12.6. The molecule has 2 bridgehead atoms. The number of ether oxygens (including phenoxy) is 2. The number of rotatable bonds is 4. The van der Waals surface area contributed by atoms with Crippen LogP contribution in [0.4, 0.5) is 0 Å². The van der Waals surface area contributed by atoms with Crippen LogP contribution in [0.15, 0.2) is 24.3 Å². The highest BCUT2D eigenvalue weighted by Gasteiger charge is 2.58. The van der Waals surface area contributed by atoms with E-state index in [2.05, 4.69) is 27.0 Å². The Morgan fingerprint density at radius 1 is 1.32 bits per heavy atom. The summed E-state index contributed by atoms with van der Waals surface area (Å²) < 4.78 is 12.7. The molecule has 0 N–H and O–H groups in total. The molecule has 6 atom stereocenters. The topological polar surface area (TPSA) is 52.6 Å². The van der Waals surface area contributed by atoms with Crippen molar-refractivity contribution in [1.29, 1.82) is 0 Å². The number of carbonyl (C=O) groups is 2. The Hall–Kier alpha value is -1.42. The summed E-state index contributed by atoms with van der Waals surface area (Å²) in [7, 11) is 0. The lowest BCUT2D eigenvalue weighted by Crippen LogP contribution is -2.50. The van der Waals surface area contributed by atoms with Crippen molar-refractivity contribution in [1.82, 2.24) is 0 Å². The Morgan fingerprint density at radius 3 is 2.68 bits per heavy atom. The average molecular weight is 389 g/mol. The molecule has 1 aliphatic carbocycles. The zero-order chi connectivity index (χ0) is 20.6. The van der Waals surface area contributed by atoms with Gasteiger partial charge < -0.3 is 9.47 Å². The van der Waals surface area contributed by atoms with Gasteiger partial charge in [0.1, 0.15) is 11.7 Å². The quantitative estimate of drug-likeness (QED) is 0.385. The summed E-state index contributed by atoms with van der Waals surface area (Å²) in [6.45, 7) is 16.9. The van der Waals surface area contributed by atoms with Gasteiger partial charge in [-0.15, -0.1) is 0 Å². The number of hydrogen-bond donors (Lipinski definition) is 0. The van der Waals surface area contributed by atoms with Crippen molar-refractivity contribution in [2.24, 2.45) is 23.7 Å². The molecule has 4 nitrogen and oxygen atoms in total. The van der Waals surface area contributed by atoms with E-state index in [0.717, 1.165) is 19.3 Å².